The molecular weight excluding hydrogens is 410 g/mol. The Hall–Kier alpha value is -2.22. The first kappa shape index (κ1) is 22.0. The van der Waals surface area contributed by atoms with Crippen LogP contribution in [0.5, 0.6) is 0 Å². The third-order valence-corrected chi connectivity index (χ3v) is 8.42. The predicted molar refractivity (Wildman–Crippen MR) is 123 cm³/mol. The van der Waals surface area contributed by atoms with E-state index in [9.17, 15) is 13.2 Å². The summed E-state index contributed by atoms with van der Waals surface area (Å²) in [4.78, 5) is 17.2. The maximum Gasteiger partial charge on any atom is 0.243 e. The minimum Gasteiger partial charge on any atom is -0.311 e. The fourth-order valence-electron chi connectivity index (χ4n) is 4.47. The predicted octanol–water partition coefficient (Wildman–Crippen LogP) is 3.44. The molecule has 0 unspecified atom stereocenters. The van der Waals surface area contributed by atoms with Gasteiger partial charge in [-0.15, -0.1) is 0 Å². The van der Waals surface area contributed by atoms with E-state index in [2.05, 4.69) is 19.1 Å². The van der Waals surface area contributed by atoms with Crippen LogP contribution in [-0.2, 0) is 21.2 Å². The van der Waals surface area contributed by atoms with Gasteiger partial charge in [0.2, 0.25) is 15.9 Å². The first-order valence-electron chi connectivity index (χ1n) is 11.1. The average Bonchev–Trinajstić information content (AvgIpc) is 3.23. The number of carbonyl (C=O) groups excluding carboxylic acids is 1. The Balaban J connectivity index is 1.47. The number of hydrogen-bond donors (Lipinski definition) is 0. The SMILES string of the molecule is C[C@@H](c1ccccc1)N(C)CC(=O)N1CCc2cc(S(=O)(=O)N3CCCCC3)ccc21. The summed E-state index contributed by atoms with van der Waals surface area (Å²) in [6.07, 6.45) is 3.61. The van der Waals surface area contributed by atoms with E-state index in [1.54, 1.807) is 27.4 Å². The van der Waals surface area contributed by atoms with Gasteiger partial charge >= 0.3 is 0 Å². The quantitative estimate of drug-likeness (QED) is 0.689. The number of fused-ring (bicyclic) bond motifs is 1. The van der Waals surface area contributed by atoms with Gasteiger partial charge in [-0.05, 0) is 62.6 Å². The number of hydrogen-bond acceptors (Lipinski definition) is 4. The van der Waals surface area contributed by atoms with Gasteiger partial charge in [0.25, 0.3) is 0 Å². The molecule has 2 heterocycles. The van der Waals surface area contributed by atoms with Crippen LogP contribution < -0.4 is 4.90 Å². The molecule has 0 N–H and O–H groups in total. The van der Waals surface area contributed by atoms with Gasteiger partial charge in [0.15, 0.2) is 0 Å². The molecule has 0 aliphatic carbocycles. The Kier molecular flexibility index (Phi) is 6.46. The van der Waals surface area contributed by atoms with Gasteiger partial charge in [-0.2, -0.15) is 4.31 Å². The zero-order chi connectivity index (χ0) is 22.0. The zero-order valence-electron chi connectivity index (χ0n) is 18.3. The molecule has 2 aromatic carbocycles. The van der Waals surface area contributed by atoms with Crippen molar-refractivity contribution in [3.05, 3.63) is 59.7 Å². The maximum absolute atomic E-state index is 13.0. The summed E-state index contributed by atoms with van der Waals surface area (Å²) in [5.74, 6) is 0.0377. The van der Waals surface area contributed by atoms with Crippen molar-refractivity contribution < 1.29 is 13.2 Å². The average molecular weight is 442 g/mol. The van der Waals surface area contributed by atoms with E-state index in [0.29, 0.717) is 37.5 Å². The molecular formula is C24H31N3O3S. The summed E-state index contributed by atoms with van der Waals surface area (Å²) >= 11 is 0. The molecule has 0 radical (unpaired) electrons. The highest BCUT2D eigenvalue weighted by atomic mass is 32.2. The van der Waals surface area contributed by atoms with Gasteiger partial charge in [0.05, 0.1) is 11.4 Å². The lowest BCUT2D eigenvalue weighted by Gasteiger charge is -2.27. The van der Waals surface area contributed by atoms with E-state index in [4.69, 9.17) is 0 Å². The van der Waals surface area contributed by atoms with Gasteiger partial charge in [0.1, 0.15) is 0 Å². The van der Waals surface area contributed by atoms with Gasteiger partial charge in [-0.25, -0.2) is 8.42 Å². The van der Waals surface area contributed by atoms with Crippen LogP contribution in [0.3, 0.4) is 0 Å². The number of likely N-dealkylation sites (N-methyl/N-ethyl adjacent to an activating group) is 1. The highest BCUT2D eigenvalue weighted by molar-refractivity contribution is 7.89. The maximum atomic E-state index is 13.0. The van der Waals surface area contributed by atoms with Crippen LogP contribution in [-0.4, -0.2) is 56.8 Å². The molecule has 4 rings (SSSR count). The van der Waals surface area contributed by atoms with Crippen molar-refractivity contribution in [3.63, 3.8) is 0 Å². The van der Waals surface area contributed by atoms with Crippen molar-refractivity contribution in [2.75, 3.05) is 38.1 Å². The highest BCUT2D eigenvalue weighted by Gasteiger charge is 2.30. The first-order valence-corrected chi connectivity index (χ1v) is 12.5. The molecule has 1 saturated heterocycles. The molecule has 2 aromatic rings. The number of nitrogens with zero attached hydrogens (tertiary/aromatic N) is 3. The van der Waals surface area contributed by atoms with Crippen molar-refractivity contribution in [1.29, 1.82) is 0 Å². The van der Waals surface area contributed by atoms with Crippen LogP contribution >= 0.6 is 0 Å². The molecule has 7 heteroatoms. The summed E-state index contributed by atoms with van der Waals surface area (Å²) in [6.45, 7) is 4.18. The van der Waals surface area contributed by atoms with Gasteiger partial charge in [-0.3, -0.25) is 9.69 Å². The van der Waals surface area contributed by atoms with E-state index in [1.807, 2.05) is 30.1 Å². The first-order chi connectivity index (χ1) is 14.9. The molecule has 2 aliphatic heterocycles. The lowest BCUT2D eigenvalue weighted by molar-refractivity contribution is -0.119. The van der Waals surface area contributed by atoms with Gasteiger partial charge in [0, 0.05) is 31.4 Å². The summed E-state index contributed by atoms with van der Waals surface area (Å²) in [7, 11) is -1.50. The zero-order valence-corrected chi connectivity index (χ0v) is 19.1. The lowest BCUT2D eigenvalue weighted by Crippen LogP contribution is -2.39. The molecule has 0 spiro atoms. The molecule has 0 aromatic heterocycles. The molecule has 1 fully saturated rings. The van der Waals surface area contributed by atoms with E-state index in [1.165, 1.54) is 5.56 Å². The fourth-order valence-corrected chi connectivity index (χ4v) is 6.04. The monoisotopic (exact) mass is 441 g/mol. The smallest absolute Gasteiger partial charge is 0.243 e. The third kappa shape index (κ3) is 4.54. The van der Waals surface area contributed by atoms with Crippen molar-refractivity contribution in [3.8, 4) is 0 Å². The number of carbonyl (C=O) groups is 1. The van der Waals surface area contributed by atoms with Gasteiger partial charge < -0.3 is 4.90 Å². The normalized spacial score (nSPS) is 18.2. The highest BCUT2D eigenvalue weighted by Crippen LogP contribution is 2.32. The van der Waals surface area contributed by atoms with E-state index in [0.717, 1.165) is 30.5 Å². The van der Waals surface area contributed by atoms with E-state index < -0.39 is 10.0 Å². The second-order valence-corrected chi connectivity index (χ2v) is 10.5. The van der Waals surface area contributed by atoms with Gasteiger partial charge in [-0.1, -0.05) is 36.8 Å². The second-order valence-electron chi connectivity index (χ2n) is 8.55. The van der Waals surface area contributed by atoms with Crippen molar-refractivity contribution in [2.24, 2.45) is 0 Å². The molecule has 31 heavy (non-hydrogen) atoms. The van der Waals surface area contributed by atoms with Crippen LogP contribution in [0.1, 0.15) is 43.4 Å². The third-order valence-electron chi connectivity index (χ3n) is 6.53. The minimum absolute atomic E-state index is 0.0377. The molecule has 1 atom stereocenters. The van der Waals surface area contributed by atoms with Crippen LogP contribution in [0.2, 0.25) is 0 Å². The molecule has 1 amide bonds. The number of anilines is 1. The Morgan fingerprint density at radius 1 is 1.03 bits per heavy atom. The Labute approximate surface area is 185 Å². The van der Waals surface area contributed by atoms with Crippen LogP contribution in [0.4, 0.5) is 5.69 Å². The summed E-state index contributed by atoms with van der Waals surface area (Å²) in [5, 5.41) is 0. The van der Waals surface area contributed by atoms with Crippen LogP contribution in [0, 0.1) is 0 Å². The fraction of sp³-hybridized carbons (Fsp3) is 0.458. The number of piperidine rings is 1. The van der Waals surface area contributed by atoms with Crippen molar-refractivity contribution >= 4 is 21.6 Å². The molecule has 166 valence electrons. The summed E-state index contributed by atoms with van der Waals surface area (Å²) in [6, 6.07) is 15.5. The Bertz CT molecular complexity index is 1030. The standard InChI is InChI=1S/C24H31N3O3S/c1-19(20-9-5-3-6-10-20)25(2)18-24(28)27-16-13-21-17-22(11-12-23(21)27)31(29,30)26-14-7-4-8-15-26/h3,5-6,9-12,17,19H,4,7-8,13-16,18H2,1-2H3/t19-/m0/s1. The summed E-state index contributed by atoms with van der Waals surface area (Å²) < 4.78 is 27.6. The minimum atomic E-state index is -3.46. The largest absolute Gasteiger partial charge is 0.311 e. The second kappa shape index (κ2) is 9.10. The van der Waals surface area contributed by atoms with Crippen molar-refractivity contribution in [1.82, 2.24) is 9.21 Å². The van der Waals surface area contributed by atoms with Crippen LogP contribution in [0.15, 0.2) is 53.4 Å². The molecule has 2 aliphatic rings. The number of benzene rings is 2. The van der Waals surface area contributed by atoms with E-state index >= 15 is 0 Å². The van der Waals surface area contributed by atoms with Crippen LogP contribution in [0.25, 0.3) is 0 Å². The number of amides is 1. The topological polar surface area (TPSA) is 60.9 Å². The summed E-state index contributed by atoms with van der Waals surface area (Å²) in [5.41, 5.74) is 2.95. The Morgan fingerprint density at radius 2 is 1.74 bits per heavy atom. The molecule has 0 saturated carbocycles. The number of rotatable bonds is 6. The molecule has 6 nitrogen and oxygen atoms in total. The number of sulfonamides is 1. The van der Waals surface area contributed by atoms with Crippen molar-refractivity contribution in [2.45, 2.75) is 43.5 Å². The Morgan fingerprint density at radius 3 is 2.45 bits per heavy atom. The lowest BCUT2D eigenvalue weighted by atomic mass is 10.1. The van der Waals surface area contributed by atoms with E-state index in [-0.39, 0.29) is 11.9 Å². The molecule has 0 bridgehead atoms.